The van der Waals surface area contributed by atoms with Crippen molar-refractivity contribution in [2.45, 2.75) is 71.6 Å². The number of pyridine rings is 3. The molecule has 0 aliphatic heterocycles. The van der Waals surface area contributed by atoms with E-state index in [-0.39, 0.29) is 46.4 Å². The van der Waals surface area contributed by atoms with Crippen molar-refractivity contribution in [3.63, 3.8) is 0 Å². The van der Waals surface area contributed by atoms with Gasteiger partial charge in [-0.25, -0.2) is 18.2 Å². The molecule has 3 saturated carbocycles. The maximum Gasteiger partial charge on any atom is 1.00 e. The van der Waals surface area contributed by atoms with Crippen LogP contribution in [0.4, 0.5) is 17.6 Å². The molecule has 9 nitrogen and oxygen atoms in total. The Morgan fingerprint density at radius 3 is 1.23 bits per heavy atom. The zero-order chi connectivity index (χ0) is 34.0. The number of carbonyl (C=O) groups is 2. The minimum atomic E-state index is -1.14. The van der Waals surface area contributed by atoms with E-state index in [1.165, 1.54) is 48.9 Å². The number of hydrogen-bond acceptors (Lipinski definition) is 7. The van der Waals surface area contributed by atoms with Gasteiger partial charge in [-0.2, -0.15) is 9.65 Å². The van der Waals surface area contributed by atoms with Gasteiger partial charge in [-0.1, -0.05) is 41.5 Å². The molecule has 3 aromatic rings. The maximum atomic E-state index is 13.5. The summed E-state index contributed by atoms with van der Waals surface area (Å²) in [6, 6.07) is 10.0. The molecule has 3 aliphatic rings. The van der Waals surface area contributed by atoms with E-state index in [0.29, 0.717) is 24.2 Å². The number of hydrogen-bond donors (Lipinski definition) is 2. The van der Waals surface area contributed by atoms with E-state index < -0.39 is 57.0 Å². The first kappa shape index (κ1) is 41.6. The average Bonchev–Trinajstić information content (AvgIpc) is 3.88. The molecule has 3 heterocycles. The van der Waals surface area contributed by atoms with E-state index in [1.54, 1.807) is 0 Å². The van der Waals surface area contributed by atoms with Gasteiger partial charge in [0.05, 0.1) is 23.4 Å². The molecule has 3 aromatic heterocycles. The van der Waals surface area contributed by atoms with Crippen LogP contribution < -0.4 is 29.6 Å². The molecule has 0 saturated heterocycles. The normalized spacial score (nSPS) is 24.1. The zero-order valence-electron chi connectivity index (χ0n) is 27.4. The van der Waals surface area contributed by atoms with Crippen molar-refractivity contribution in [2.75, 3.05) is 0 Å². The summed E-state index contributed by atoms with van der Waals surface area (Å²) >= 11 is 0. The van der Waals surface area contributed by atoms with Crippen molar-refractivity contribution >= 4 is 11.9 Å². The van der Waals surface area contributed by atoms with Crippen LogP contribution in [0, 0.1) is 56.9 Å². The Labute approximate surface area is 293 Å². The fourth-order valence-corrected chi connectivity index (χ4v) is 5.43. The van der Waals surface area contributed by atoms with Crippen molar-refractivity contribution in [2.24, 2.45) is 22.2 Å². The summed E-state index contributed by atoms with van der Waals surface area (Å²) in [4.78, 5) is 33.3. The topological polar surface area (TPSA) is 167 Å². The number of halogens is 4. The summed E-state index contributed by atoms with van der Waals surface area (Å²) in [6.45, 7) is 11.5. The number of aliphatic carboxylic acids is 2. The van der Waals surface area contributed by atoms with Gasteiger partial charge in [0.1, 0.15) is 22.5 Å². The standard InChI is InChI=1S/2C11H12FNO2.C6H9N.C5H3F2N.Na.H2O/c2*1-10(2)6-11(10,9(14)15)8-7(12)4-3-5-13-8;1-6(2)3-5(6)4-7;6-4-2-1-3-8-5(4)7;;/h2*3-5H,6H2,1-2H3,(H,14,15);5H,3H2,1-2H3;1-3H;;1H2/q;;;;+1;/p-1. The van der Waals surface area contributed by atoms with Gasteiger partial charge >= 0.3 is 41.5 Å². The van der Waals surface area contributed by atoms with Gasteiger partial charge in [-0.3, -0.25) is 19.6 Å². The second-order valence-electron chi connectivity index (χ2n) is 13.4. The Morgan fingerprint density at radius 1 is 0.745 bits per heavy atom. The Bertz CT molecular complexity index is 1530. The van der Waals surface area contributed by atoms with Crippen LogP contribution in [0.1, 0.15) is 72.2 Å². The number of nitriles is 1. The number of carboxylic acid groups (broad SMARTS) is 2. The van der Waals surface area contributed by atoms with E-state index in [9.17, 15) is 37.4 Å². The van der Waals surface area contributed by atoms with Crippen LogP contribution in [-0.2, 0) is 20.4 Å². The van der Waals surface area contributed by atoms with Crippen LogP contribution in [0.5, 0.6) is 0 Å². The molecule has 3 unspecified atom stereocenters. The van der Waals surface area contributed by atoms with Gasteiger partial charge < -0.3 is 15.7 Å². The Hall–Kier alpha value is -3.44. The number of rotatable bonds is 4. The van der Waals surface area contributed by atoms with Crippen LogP contribution in [0.2, 0.25) is 0 Å². The predicted octanol–water partition coefficient (Wildman–Crippen LogP) is 3.69. The summed E-state index contributed by atoms with van der Waals surface area (Å²) < 4.78 is 50.7. The molecular weight excluding hydrogens is 631 g/mol. The molecule has 0 radical (unpaired) electrons. The van der Waals surface area contributed by atoms with Gasteiger partial charge in [0.25, 0.3) is 0 Å². The Balaban J connectivity index is 0.000000324. The summed E-state index contributed by atoms with van der Waals surface area (Å²) in [5.74, 6) is -4.67. The number of carboxylic acids is 2. The SMILES string of the molecule is CC1(C)CC1(C(=O)O)c1ncccc1F.CC1(C)CC1(C(=O)O)c1ncccc1F.CC1(C)CC1C#N.Fc1cccnc1F.[Na+].[OH-]. The smallest absolute Gasteiger partial charge is 0.870 e. The third kappa shape index (κ3) is 8.54. The van der Waals surface area contributed by atoms with Crippen LogP contribution in [0.3, 0.4) is 0 Å². The molecular formula is C33H37F4N4NaO5. The molecule has 0 bridgehead atoms. The monoisotopic (exact) mass is 668 g/mol. The van der Waals surface area contributed by atoms with Crippen molar-refractivity contribution in [1.29, 1.82) is 5.26 Å². The van der Waals surface area contributed by atoms with E-state index in [2.05, 4.69) is 34.9 Å². The molecule has 0 aromatic carbocycles. The van der Waals surface area contributed by atoms with Crippen molar-refractivity contribution in [1.82, 2.24) is 15.0 Å². The second kappa shape index (κ2) is 15.2. The maximum absolute atomic E-state index is 13.5. The first-order valence-electron chi connectivity index (χ1n) is 14.1. The van der Waals surface area contributed by atoms with Crippen molar-refractivity contribution < 1.29 is 72.4 Å². The molecule has 3 fully saturated rings. The summed E-state index contributed by atoms with van der Waals surface area (Å²) in [5.41, 5.74) is -2.65. The van der Waals surface area contributed by atoms with Gasteiger partial charge in [-0.15, -0.1) is 0 Å². The number of nitrogens with zero attached hydrogens (tertiary/aromatic N) is 4. The minimum absolute atomic E-state index is 0. The van der Waals surface area contributed by atoms with E-state index in [1.807, 2.05) is 27.7 Å². The molecule has 248 valence electrons. The van der Waals surface area contributed by atoms with Gasteiger partial charge in [0, 0.05) is 18.6 Å². The van der Waals surface area contributed by atoms with Crippen molar-refractivity contribution in [3.8, 4) is 6.07 Å². The Kier molecular flexibility index (Phi) is 13.4. The molecule has 3 atom stereocenters. The third-order valence-corrected chi connectivity index (χ3v) is 8.91. The largest absolute Gasteiger partial charge is 1.00 e. The summed E-state index contributed by atoms with van der Waals surface area (Å²) in [6.07, 6.45) is 6.02. The van der Waals surface area contributed by atoms with E-state index in [4.69, 9.17) is 5.26 Å². The van der Waals surface area contributed by atoms with Crippen LogP contribution in [0.15, 0.2) is 55.0 Å². The number of aromatic nitrogens is 3. The van der Waals surface area contributed by atoms with Gasteiger partial charge in [-0.05, 0) is 71.9 Å². The van der Waals surface area contributed by atoms with Crippen molar-refractivity contribution in [3.05, 3.63) is 89.8 Å². The molecule has 3 N–H and O–H groups in total. The quantitative estimate of drug-likeness (QED) is 0.240. The van der Waals surface area contributed by atoms with E-state index in [0.717, 1.165) is 12.5 Å². The fourth-order valence-electron chi connectivity index (χ4n) is 5.43. The second-order valence-corrected chi connectivity index (χ2v) is 13.4. The van der Waals surface area contributed by atoms with Crippen LogP contribution >= 0.6 is 0 Å². The molecule has 0 amide bonds. The Morgan fingerprint density at radius 2 is 1.06 bits per heavy atom. The molecule has 0 spiro atoms. The first-order chi connectivity index (χ1) is 20.8. The average molecular weight is 669 g/mol. The van der Waals surface area contributed by atoms with E-state index >= 15 is 0 Å². The minimum Gasteiger partial charge on any atom is -0.870 e. The van der Waals surface area contributed by atoms with Gasteiger partial charge in [0.15, 0.2) is 5.82 Å². The van der Waals surface area contributed by atoms with Crippen LogP contribution in [0.25, 0.3) is 0 Å². The third-order valence-electron chi connectivity index (χ3n) is 8.91. The molecule has 6 rings (SSSR count). The molecule has 47 heavy (non-hydrogen) atoms. The van der Waals surface area contributed by atoms with Gasteiger partial charge in [0.2, 0.25) is 5.95 Å². The first-order valence-corrected chi connectivity index (χ1v) is 14.1. The zero-order valence-corrected chi connectivity index (χ0v) is 29.4. The molecule has 14 heteroatoms. The van der Waals surface area contributed by atoms with Crippen LogP contribution in [-0.4, -0.2) is 42.6 Å². The molecule has 3 aliphatic carbocycles. The fraction of sp³-hybridized carbons (Fsp3) is 0.455. The summed E-state index contributed by atoms with van der Waals surface area (Å²) in [5, 5.41) is 26.7. The predicted molar refractivity (Wildman–Crippen MR) is 157 cm³/mol. The summed E-state index contributed by atoms with van der Waals surface area (Å²) in [7, 11) is 0.